The lowest BCUT2D eigenvalue weighted by Gasteiger charge is -2.46. The molecule has 0 saturated heterocycles. The molecule has 1 atom stereocenters. The number of halogens is 26. The number of hydrogen-bond donors (Lipinski definition) is 1. The van der Waals surface area contributed by atoms with Crippen LogP contribution in [0, 0.1) is 0 Å². The Labute approximate surface area is 240 Å². The highest BCUT2D eigenvalue weighted by molar-refractivity contribution is 5.67. The van der Waals surface area contributed by atoms with Crippen molar-refractivity contribution in [1.29, 1.82) is 0 Å². The van der Waals surface area contributed by atoms with E-state index < -0.39 is 101 Å². The molecule has 1 N–H and O–H groups in total. The van der Waals surface area contributed by atoms with E-state index in [4.69, 9.17) is 5.11 Å². The zero-order chi connectivity index (χ0) is 39.1. The first-order valence-electron chi connectivity index (χ1n) is 10.7. The van der Waals surface area contributed by atoms with Crippen LogP contribution in [0.15, 0.2) is 0 Å². The topological polar surface area (TPSA) is 37.3 Å². The summed E-state index contributed by atoms with van der Waals surface area (Å²) in [6.07, 6.45) is -13.3. The van der Waals surface area contributed by atoms with E-state index in [1.807, 2.05) is 0 Å². The number of alkyl halides is 26. The van der Waals surface area contributed by atoms with Gasteiger partial charge in [0.15, 0.2) is 6.54 Å². The minimum atomic E-state index is -9.72. The summed E-state index contributed by atoms with van der Waals surface area (Å²) in [6, 6.07) is 0. The Morgan fingerprint density at radius 3 is 0.894 bits per heavy atom. The maximum atomic E-state index is 14.0. The molecule has 282 valence electrons. The van der Waals surface area contributed by atoms with Crippen LogP contribution in [0.2, 0.25) is 0 Å². The number of aliphatic carboxylic acids is 1. The summed E-state index contributed by atoms with van der Waals surface area (Å²) < 4.78 is 348. The fraction of sp³-hybridized carbons (Fsp3) is 0.944. The Kier molecular flexibility index (Phi) is 10.8. The Balaban J connectivity index is 7.30. The fourth-order valence-corrected chi connectivity index (χ4v) is 3.14. The molecule has 0 fully saturated rings. The second kappa shape index (κ2) is 11.3. The summed E-state index contributed by atoms with van der Waals surface area (Å²) in [5, 5.41) is 8.48. The van der Waals surface area contributed by atoms with Gasteiger partial charge in [-0.25, -0.2) is 9.18 Å². The van der Waals surface area contributed by atoms with Crippen molar-refractivity contribution >= 4 is 5.97 Å². The average Bonchev–Trinajstić information content (AvgIpc) is 2.80. The first-order chi connectivity index (χ1) is 19.8. The monoisotopic (exact) mass is 768 g/mol. The Hall–Kier alpha value is -2.39. The average molecular weight is 768 g/mol. The molecule has 47 heavy (non-hydrogen) atoms. The lowest BCUT2D eigenvalue weighted by molar-refractivity contribution is -0.886. The molecule has 0 aromatic heterocycles. The van der Waals surface area contributed by atoms with Crippen molar-refractivity contribution in [2.24, 2.45) is 0 Å². The molecule has 0 spiro atoms. The van der Waals surface area contributed by atoms with Gasteiger partial charge in [-0.1, -0.05) is 0 Å². The minimum Gasteiger partial charge on any atom is -0.477 e. The Bertz CT molecular complexity index is 1150. The van der Waals surface area contributed by atoms with Gasteiger partial charge < -0.3 is 9.59 Å². The van der Waals surface area contributed by atoms with E-state index in [9.17, 15) is 119 Å². The van der Waals surface area contributed by atoms with Crippen molar-refractivity contribution in [2.45, 2.75) is 77.5 Å². The van der Waals surface area contributed by atoms with Gasteiger partial charge in [-0.15, -0.1) is 0 Å². The van der Waals surface area contributed by atoms with Crippen LogP contribution in [0.4, 0.5) is 114 Å². The number of nitrogens with zero attached hydrogens (tertiary/aromatic N) is 1. The van der Waals surface area contributed by atoms with Gasteiger partial charge in [0, 0.05) is 0 Å². The number of carboxylic acid groups (broad SMARTS) is 1. The van der Waals surface area contributed by atoms with E-state index in [1.54, 1.807) is 0 Å². The summed E-state index contributed by atoms with van der Waals surface area (Å²) in [5.41, 5.74) is 0. The maximum absolute atomic E-state index is 14.0. The molecule has 0 radical (unpaired) electrons. The van der Waals surface area contributed by atoms with Crippen LogP contribution in [-0.2, 0) is 4.79 Å². The number of carbonyl (C=O) groups is 1. The molecule has 0 rings (SSSR count). The molecule has 29 heteroatoms. The second-order valence-electron chi connectivity index (χ2n) is 10.0. The smallest absolute Gasteiger partial charge is 0.460 e. The van der Waals surface area contributed by atoms with Crippen LogP contribution in [0.1, 0.15) is 0 Å². The number of carboxylic acids is 1. The molecule has 0 aliphatic rings. The van der Waals surface area contributed by atoms with E-state index in [-0.39, 0.29) is 0 Å². The first-order valence-corrected chi connectivity index (χ1v) is 10.7. The molecular formula is C18H12F26NO2+. The van der Waals surface area contributed by atoms with Crippen molar-refractivity contribution in [3.05, 3.63) is 0 Å². The Morgan fingerprint density at radius 2 is 0.681 bits per heavy atom. The van der Waals surface area contributed by atoms with E-state index >= 15 is 0 Å². The molecule has 0 aliphatic carbocycles. The van der Waals surface area contributed by atoms with Gasteiger partial charge in [0.05, 0.1) is 14.1 Å². The molecule has 0 saturated carbocycles. The highest BCUT2D eigenvalue weighted by Gasteiger charge is 2.99. The molecule has 0 heterocycles. The van der Waals surface area contributed by atoms with Gasteiger partial charge in [0.25, 0.3) is 0 Å². The van der Waals surface area contributed by atoms with Crippen LogP contribution < -0.4 is 0 Å². The molecule has 0 aromatic carbocycles. The van der Waals surface area contributed by atoms with Crippen molar-refractivity contribution in [1.82, 2.24) is 0 Å². The van der Waals surface area contributed by atoms with E-state index in [0.29, 0.717) is 14.1 Å². The fourth-order valence-electron chi connectivity index (χ4n) is 3.14. The van der Waals surface area contributed by atoms with Gasteiger partial charge in [0.2, 0.25) is 6.17 Å². The molecule has 0 aromatic rings. The first kappa shape index (κ1) is 44.6. The standard InChI is InChI=1S/C18H11F26NO2/c1-45(2,4-6(46)47)3-5(19)7(20,21)8(22,23)9(24,25)10(26,27)11(28,29)12(30,31)13(32,33)14(34,35)15(36,37)16(38,39)17(40,41)18(42,43)44/h5H,3-4H2,1-2H3/p+1. The third kappa shape index (κ3) is 5.95. The number of quaternary nitrogens is 1. The van der Waals surface area contributed by atoms with Crippen molar-refractivity contribution in [3.63, 3.8) is 0 Å². The van der Waals surface area contributed by atoms with Crippen molar-refractivity contribution < 1.29 is 129 Å². The number of hydrogen-bond acceptors (Lipinski definition) is 1. The molecule has 0 amide bonds. The maximum Gasteiger partial charge on any atom is 0.460 e. The van der Waals surface area contributed by atoms with Crippen molar-refractivity contribution in [3.8, 4) is 0 Å². The summed E-state index contributed by atoms with van der Waals surface area (Å²) in [4.78, 5) is 10.6. The van der Waals surface area contributed by atoms with E-state index in [1.165, 1.54) is 0 Å². The normalized spacial score (nSPS) is 17.2. The summed E-state index contributed by atoms with van der Waals surface area (Å²) in [5.74, 6) is -103. The largest absolute Gasteiger partial charge is 0.477 e. The summed E-state index contributed by atoms with van der Waals surface area (Å²) >= 11 is 0. The molecule has 3 nitrogen and oxygen atoms in total. The summed E-state index contributed by atoms with van der Waals surface area (Å²) in [7, 11) is 0.616. The molecule has 1 unspecified atom stereocenters. The zero-order valence-electron chi connectivity index (χ0n) is 21.6. The van der Waals surface area contributed by atoms with Crippen LogP contribution in [0.3, 0.4) is 0 Å². The third-order valence-corrected chi connectivity index (χ3v) is 5.93. The highest BCUT2D eigenvalue weighted by atomic mass is 19.4. The lowest BCUT2D eigenvalue weighted by Crippen LogP contribution is -2.78. The quantitative estimate of drug-likeness (QED) is 0.135. The third-order valence-electron chi connectivity index (χ3n) is 5.93. The van der Waals surface area contributed by atoms with Gasteiger partial charge >= 0.3 is 77.3 Å². The molecule has 0 aliphatic heterocycles. The van der Waals surface area contributed by atoms with Gasteiger partial charge in [-0.2, -0.15) is 110 Å². The minimum absolute atomic E-state index is 0.308. The summed E-state index contributed by atoms with van der Waals surface area (Å²) in [6.45, 7) is -4.11. The molecule has 0 bridgehead atoms. The SMILES string of the molecule is C[N+](C)(CC(=O)O)CC(F)C(F)(F)C(F)(F)C(F)(F)C(F)(F)C(F)(F)C(F)(F)C(F)(F)C(F)(F)C(F)(F)C(F)(F)C(F)(F)C(F)(F)F. The van der Waals surface area contributed by atoms with Gasteiger partial charge in [0.1, 0.15) is 6.54 Å². The number of rotatable bonds is 15. The highest BCUT2D eigenvalue weighted by Crippen LogP contribution is 2.68. The van der Waals surface area contributed by atoms with Crippen LogP contribution in [0.5, 0.6) is 0 Å². The predicted molar refractivity (Wildman–Crippen MR) is 94.8 cm³/mol. The van der Waals surface area contributed by atoms with Crippen LogP contribution in [0.25, 0.3) is 0 Å². The van der Waals surface area contributed by atoms with Gasteiger partial charge in [-0.3, -0.25) is 0 Å². The van der Waals surface area contributed by atoms with Crippen LogP contribution in [-0.4, -0.2) is 120 Å². The van der Waals surface area contributed by atoms with Gasteiger partial charge in [-0.05, 0) is 0 Å². The molecular weight excluding hydrogens is 756 g/mol. The predicted octanol–water partition coefficient (Wildman–Crippen LogP) is 8.04. The van der Waals surface area contributed by atoms with Crippen molar-refractivity contribution in [2.75, 3.05) is 27.2 Å². The lowest BCUT2D eigenvalue weighted by atomic mass is 9.84. The Morgan fingerprint density at radius 1 is 0.468 bits per heavy atom. The zero-order valence-corrected chi connectivity index (χ0v) is 21.6. The number of likely N-dealkylation sites (N-methyl/N-ethyl adjacent to an activating group) is 1. The van der Waals surface area contributed by atoms with E-state index in [0.717, 1.165) is 0 Å². The van der Waals surface area contributed by atoms with Crippen LogP contribution >= 0.6 is 0 Å². The van der Waals surface area contributed by atoms with E-state index in [2.05, 4.69) is 0 Å². The second-order valence-corrected chi connectivity index (χ2v) is 10.0.